The van der Waals surface area contributed by atoms with E-state index < -0.39 is 0 Å². The smallest absolute Gasteiger partial charge is 0.321 e. The molecule has 0 unspecified atom stereocenters. The lowest BCUT2D eigenvalue weighted by Crippen LogP contribution is -2.36. The largest absolute Gasteiger partial charge is 0.378 e. The summed E-state index contributed by atoms with van der Waals surface area (Å²) < 4.78 is 5.37. The first-order valence-electron chi connectivity index (χ1n) is 9.10. The number of amides is 3. The zero-order valence-electron chi connectivity index (χ0n) is 15.0. The highest BCUT2D eigenvalue weighted by molar-refractivity contribution is 6.04. The van der Waals surface area contributed by atoms with Crippen LogP contribution in [0.3, 0.4) is 0 Å². The van der Waals surface area contributed by atoms with Gasteiger partial charge in [0, 0.05) is 48.8 Å². The Hall–Kier alpha value is -3.06. The molecule has 2 aromatic carbocycles. The molecule has 0 aromatic heterocycles. The molecule has 3 amide bonds. The molecule has 2 aliphatic rings. The number of anilines is 3. The summed E-state index contributed by atoms with van der Waals surface area (Å²) in [6.45, 7) is 4.51. The predicted molar refractivity (Wildman–Crippen MR) is 105 cm³/mol. The number of nitrogens with one attached hydrogen (secondary N) is 2. The molecule has 0 saturated carbocycles. The molecule has 0 spiro atoms. The summed E-state index contributed by atoms with van der Waals surface area (Å²) in [5.74, 6) is -0.157. The number of morpholine rings is 1. The molecular formula is C20H22N4O3. The van der Waals surface area contributed by atoms with E-state index in [-0.39, 0.29) is 11.9 Å². The van der Waals surface area contributed by atoms with Gasteiger partial charge >= 0.3 is 6.03 Å². The Morgan fingerprint density at radius 3 is 2.22 bits per heavy atom. The van der Waals surface area contributed by atoms with E-state index in [9.17, 15) is 9.59 Å². The molecule has 0 bridgehead atoms. The van der Waals surface area contributed by atoms with Crippen molar-refractivity contribution in [2.45, 2.75) is 0 Å². The average molecular weight is 366 g/mol. The van der Waals surface area contributed by atoms with Gasteiger partial charge in [-0.3, -0.25) is 9.69 Å². The normalized spacial score (nSPS) is 17.0. The third-order valence-corrected chi connectivity index (χ3v) is 4.80. The molecule has 2 N–H and O–H groups in total. The predicted octanol–water partition coefficient (Wildman–Crippen LogP) is 2.31. The monoisotopic (exact) mass is 366 g/mol. The Labute approximate surface area is 157 Å². The Balaban J connectivity index is 1.39. The minimum atomic E-state index is -0.157. The van der Waals surface area contributed by atoms with Gasteiger partial charge in [0.05, 0.1) is 13.2 Å². The molecule has 2 saturated heterocycles. The molecule has 140 valence electrons. The second kappa shape index (κ2) is 7.67. The van der Waals surface area contributed by atoms with E-state index in [1.54, 1.807) is 17.0 Å². The van der Waals surface area contributed by atoms with Crippen LogP contribution in [-0.2, 0) is 4.74 Å². The first kappa shape index (κ1) is 17.4. The van der Waals surface area contributed by atoms with Gasteiger partial charge in [-0.25, -0.2) is 4.79 Å². The van der Waals surface area contributed by atoms with Crippen LogP contribution < -0.4 is 20.4 Å². The third-order valence-electron chi connectivity index (χ3n) is 4.80. The van der Waals surface area contributed by atoms with Gasteiger partial charge in [-0.1, -0.05) is 0 Å². The first-order chi connectivity index (χ1) is 13.2. The lowest BCUT2D eigenvalue weighted by Gasteiger charge is -2.28. The van der Waals surface area contributed by atoms with Gasteiger partial charge in [-0.2, -0.15) is 0 Å². The van der Waals surface area contributed by atoms with Crippen LogP contribution in [0.2, 0.25) is 0 Å². The minimum Gasteiger partial charge on any atom is -0.378 e. The van der Waals surface area contributed by atoms with Crippen molar-refractivity contribution >= 4 is 29.0 Å². The highest BCUT2D eigenvalue weighted by Crippen LogP contribution is 2.21. The summed E-state index contributed by atoms with van der Waals surface area (Å²) in [6, 6.07) is 14.8. The lowest BCUT2D eigenvalue weighted by atomic mass is 10.1. The van der Waals surface area contributed by atoms with Crippen LogP contribution in [0.15, 0.2) is 48.5 Å². The quantitative estimate of drug-likeness (QED) is 0.871. The van der Waals surface area contributed by atoms with Gasteiger partial charge in [0.15, 0.2) is 0 Å². The number of carbonyl (C=O) groups is 2. The molecule has 0 atom stereocenters. The Morgan fingerprint density at radius 1 is 0.926 bits per heavy atom. The number of hydrogen-bond acceptors (Lipinski definition) is 4. The molecule has 2 fully saturated rings. The molecule has 27 heavy (non-hydrogen) atoms. The van der Waals surface area contributed by atoms with Crippen molar-refractivity contribution in [2.24, 2.45) is 0 Å². The zero-order chi connectivity index (χ0) is 18.6. The average Bonchev–Trinajstić information content (AvgIpc) is 3.15. The fourth-order valence-corrected chi connectivity index (χ4v) is 3.29. The second-order valence-electron chi connectivity index (χ2n) is 6.53. The maximum absolute atomic E-state index is 12.5. The Morgan fingerprint density at radius 2 is 1.59 bits per heavy atom. The van der Waals surface area contributed by atoms with Crippen molar-refractivity contribution < 1.29 is 14.3 Å². The molecule has 2 aromatic rings. The van der Waals surface area contributed by atoms with Crippen LogP contribution in [0, 0.1) is 0 Å². The molecule has 7 nitrogen and oxygen atoms in total. The number of ether oxygens (including phenoxy) is 1. The highest BCUT2D eigenvalue weighted by Gasteiger charge is 2.20. The summed E-state index contributed by atoms with van der Waals surface area (Å²) in [5, 5.41) is 5.67. The van der Waals surface area contributed by atoms with E-state index in [0.717, 1.165) is 37.7 Å². The van der Waals surface area contributed by atoms with Crippen molar-refractivity contribution in [1.82, 2.24) is 5.32 Å². The third kappa shape index (κ3) is 3.88. The summed E-state index contributed by atoms with van der Waals surface area (Å²) in [6.07, 6.45) is 0. The number of rotatable bonds is 4. The standard InChI is InChI=1S/C20H22N4O3/c25-19(15-1-5-17(6-2-15)23-11-13-27-14-12-23)22-16-3-7-18(8-4-16)24-10-9-21-20(24)26/h1-8H,9-14H2,(H,21,26)(H,22,25). The number of nitrogens with zero attached hydrogens (tertiary/aromatic N) is 2. The number of hydrogen-bond donors (Lipinski definition) is 2. The van der Waals surface area contributed by atoms with E-state index in [2.05, 4.69) is 15.5 Å². The van der Waals surface area contributed by atoms with Crippen LogP contribution >= 0.6 is 0 Å². The van der Waals surface area contributed by atoms with Gasteiger partial charge in [0.25, 0.3) is 5.91 Å². The van der Waals surface area contributed by atoms with Crippen molar-refractivity contribution in [3.05, 3.63) is 54.1 Å². The summed E-state index contributed by atoms with van der Waals surface area (Å²) in [7, 11) is 0. The first-order valence-corrected chi connectivity index (χ1v) is 9.10. The van der Waals surface area contributed by atoms with Crippen LogP contribution in [-0.4, -0.2) is 51.3 Å². The molecule has 0 radical (unpaired) electrons. The number of urea groups is 1. The molecule has 7 heteroatoms. The highest BCUT2D eigenvalue weighted by atomic mass is 16.5. The maximum Gasteiger partial charge on any atom is 0.321 e. The van der Waals surface area contributed by atoms with Crippen molar-refractivity contribution in [1.29, 1.82) is 0 Å². The topological polar surface area (TPSA) is 73.9 Å². The Bertz CT molecular complexity index is 814. The Kier molecular flexibility index (Phi) is 4.93. The van der Waals surface area contributed by atoms with Crippen LogP contribution in [0.25, 0.3) is 0 Å². The fourth-order valence-electron chi connectivity index (χ4n) is 3.29. The molecule has 2 aliphatic heterocycles. The molecular weight excluding hydrogens is 344 g/mol. The van der Waals surface area contributed by atoms with E-state index in [0.29, 0.717) is 24.3 Å². The van der Waals surface area contributed by atoms with E-state index in [4.69, 9.17) is 4.74 Å². The molecule has 0 aliphatic carbocycles. The fraction of sp³-hybridized carbons (Fsp3) is 0.300. The zero-order valence-corrected chi connectivity index (χ0v) is 15.0. The van der Waals surface area contributed by atoms with Gasteiger partial charge < -0.3 is 20.3 Å². The van der Waals surface area contributed by atoms with E-state index >= 15 is 0 Å². The van der Waals surface area contributed by atoms with Crippen molar-refractivity contribution in [3.8, 4) is 0 Å². The SMILES string of the molecule is O=C(Nc1ccc(N2CCNC2=O)cc1)c1ccc(N2CCOCC2)cc1. The summed E-state index contributed by atoms with van der Waals surface area (Å²) in [4.78, 5) is 28.1. The van der Waals surface area contributed by atoms with E-state index in [1.165, 1.54) is 0 Å². The van der Waals surface area contributed by atoms with Gasteiger partial charge in [0.1, 0.15) is 0 Å². The van der Waals surface area contributed by atoms with Crippen LogP contribution in [0.5, 0.6) is 0 Å². The van der Waals surface area contributed by atoms with Crippen LogP contribution in [0.1, 0.15) is 10.4 Å². The second-order valence-corrected chi connectivity index (χ2v) is 6.53. The number of carbonyl (C=O) groups excluding carboxylic acids is 2. The van der Waals surface area contributed by atoms with Crippen LogP contribution in [0.4, 0.5) is 21.9 Å². The van der Waals surface area contributed by atoms with Gasteiger partial charge in [0.2, 0.25) is 0 Å². The van der Waals surface area contributed by atoms with E-state index in [1.807, 2.05) is 36.4 Å². The summed E-state index contributed by atoms with van der Waals surface area (Å²) in [5.41, 5.74) is 3.22. The van der Waals surface area contributed by atoms with Gasteiger partial charge in [-0.05, 0) is 48.5 Å². The van der Waals surface area contributed by atoms with Gasteiger partial charge in [-0.15, -0.1) is 0 Å². The summed E-state index contributed by atoms with van der Waals surface area (Å²) >= 11 is 0. The number of benzene rings is 2. The minimum absolute atomic E-state index is 0.0906. The maximum atomic E-state index is 12.5. The van der Waals surface area contributed by atoms with Crippen molar-refractivity contribution in [2.75, 3.05) is 54.5 Å². The molecule has 4 rings (SSSR count). The molecule has 2 heterocycles. The van der Waals surface area contributed by atoms with Crippen molar-refractivity contribution in [3.63, 3.8) is 0 Å². The lowest BCUT2D eigenvalue weighted by molar-refractivity contribution is 0.102.